The number of amides is 2. The van der Waals surface area contributed by atoms with Crippen LogP contribution in [0.3, 0.4) is 0 Å². The Labute approximate surface area is 184 Å². The van der Waals surface area contributed by atoms with Gasteiger partial charge in [-0.2, -0.15) is 0 Å². The maximum atomic E-state index is 12.7. The van der Waals surface area contributed by atoms with Crippen molar-refractivity contribution in [2.45, 2.75) is 27.0 Å². The summed E-state index contributed by atoms with van der Waals surface area (Å²) in [5, 5.41) is 4.26. The number of hydrogen-bond acceptors (Lipinski definition) is 5. The highest BCUT2D eigenvalue weighted by molar-refractivity contribution is 7.13. The van der Waals surface area contributed by atoms with E-state index >= 15 is 0 Å². The number of anilines is 1. The number of benzene rings is 2. The van der Waals surface area contributed by atoms with Gasteiger partial charge in [0.2, 0.25) is 5.91 Å². The van der Waals surface area contributed by atoms with E-state index in [1.165, 1.54) is 18.3 Å². The molecule has 0 saturated carbocycles. The SMILES string of the molecule is CC(=O)N(C)Cc1cccc(NC(=O)c2sc(COc3ccc(Cl)cc3)nc2C)c1. The molecule has 0 saturated heterocycles. The molecule has 0 atom stereocenters. The van der Waals surface area contributed by atoms with E-state index in [0.717, 1.165) is 5.56 Å². The van der Waals surface area contributed by atoms with Crippen LogP contribution < -0.4 is 10.1 Å². The molecule has 0 radical (unpaired) electrons. The molecule has 3 aromatic rings. The molecule has 0 unspecified atom stereocenters. The molecule has 0 bridgehead atoms. The van der Waals surface area contributed by atoms with Gasteiger partial charge in [-0.1, -0.05) is 23.7 Å². The van der Waals surface area contributed by atoms with Crippen molar-refractivity contribution >= 4 is 40.4 Å². The van der Waals surface area contributed by atoms with Gasteiger partial charge in [-0.3, -0.25) is 9.59 Å². The Morgan fingerprint density at radius 3 is 2.63 bits per heavy atom. The summed E-state index contributed by atoms with van der Waals surface area (Å²) in [5.41, 5.74) is 2.25. The van der Waals surface area contributed by atoms with E-state index in [9.17, 15) is 9.59 Å². The molecule has 1 N–H and O–H groups in total. The average Bonchev–Trinajstić information content (AvgIpc) is 3.08. The van der Waals surface area contributed by atoms with Crippen LogP contribution in [0, 0.1) is 6.92 Å². The number of thiazole rings is 1. The summed E-state index contributed by atoms with van der Waals surface area (Å²) in [5.74, 6) is 0.448. The minimum atomic E-state index is -0.222. The van der Waals surface area contributed by atoms with E-state index in [4.69, 9.17) is 16.3 Å². The predicted octanol–water partition coefficient (Wildman–Crippen LogP) is 4.91. The van der Waals surface area contributed by atoms with Gasteiger partial charge >= 0.3 is 0 Å². The predicted molar refractivity (Wildman–Crippen MR) is 119 cm³/mol. The Kier molecular flexibility index (Phi) is 7.07. The van der Waals surface area contributed by atoms with Crippen LogP contribution in [0.25, 0.3) is 0 Å². The van der Waals surface area contributed by atoms with Crippen molar-refractivity contribution < 1.29 is 14.3 Å². The second-order valence-electron chi connectivity index (χ2n) is 6.79. The minimum absolute atomic E-state index is 0.0157. The number of halogens is 1. The molecule has 0 aliphatic rings. The summed E-state index contributed by atoms with van der Waals surface area (Å²) in [6, 6.07) is 14.5. The molecule has 1 heterocycles. The standard InChI is InChI=1S/C22H22ClN3O3S/c1-14-21(30-20(24-14)13-29-19-9-7-17(23)8-10-19)22(28)25-18-6-4-5-16(11-18)12-26(3)15(2)27/h4-11H,12-13H2,1-3H3,(H,25,28). The van der Waals surface area contributed by atoms with E-state index in [1.807, 2.05) is 24.3 Å². The molecule has 6 nitrogen and oxygen atoms in total. The van der Waals surface area contributed by atoms with Gasteiger partial charge in [-0.15, -0.1) is 11.3 Å². The van der Waals surface area contributed by atoms with Crippen LogP contribution in [0.4, 0.5) is 5.69 Å². The molecule has 2 amide bonds. The molecule has 8 heteroatoms. The topological polar surface area (TPSA) is 71.5 Å². The zero-order valence-electron chi connectivity index (χ0n) is 16.9. The fourth-order valence-electron chi connectivity index (χ4n) is 2.72. The zero-order chi connectivity index (χ0) is 21.7. The maximum absolute atomic E-state index is 12.7. The number of rotatable bonds is 7. The second-order valence-corrected chi connectivity index (χ2v) is 8.31. The Bertz CT molecular complexity index is 1050. The molecule has 1 aromatic heterocycles. The summed E-state index contributed by atoms with van der Waals surface area (Å²) in [6.07, 6.45) is 0. The number of aryl methyl sites for hydroxylation is 1. The Morgan fingerprint density at radius 1 is 1.20 bits per heavy atom. The second kappa shape index (κ2) is 9.73. The number of aromatic nitrogens is 1. The van der Waals surface area contributed by atoms with Crippen molar-refractivity contribution in [1.82, 2.24) is 9.88 Å². The highest BCUT2D eigenvalue weighted by Gasteiger charge is 2.16. The van der Waals surface area contributed by atoms with Crippen LogP contribution in [-0.2, 0) is 17.9 Å². The van der Waals surface area contributed by atoms with Crippen LogP contribution in [0.15, 0.2) is 48.5 Å². The van der Waals surface area contributed by atoms with Gasteiger partial charge in [0.25, 0.3) is 5.91 Å². The van der Waals surface area contributed by atoms with E-state index in [0.29, 0.717) is 38.6 Å². The lowest BCUT2D eigenvalue weighted by Crippen LogP contribution is -2.23. The Hall–Kier alpha value is -2.90. The van der Waals surface area contributed by atoms with Gasteiger partial charge in [-0.05, 0) is 48.9 Å². The number of carbonyl (C=O) groups excluding carboxylic acids is 2. The van der Waals surface area contributed by atoms with Crippen molar-refractivity contribution in [2.75, 3.05) is 12.4 Å². The lowest BCUT2D eigenvalue weighted by Gasteiger charge is -2.15. The van der Waals surface area contributed by atoms with Gasteiger partial charge in [-0.25, -0.2) is 4.98 Å². The van der Waals surface area contributed by atoms with Crippen LogP contribution in [0.2, 0.25) is 5.02 Å². The van der Waals surface area contributed by atoms with Crippen molar-refractivity contribution in [2.24, 2.45) is 0 Å². The lowest BCUT2D eigenvalue weighted by atomic mass is 10.2. The smallest absolute Gasteiger partial charge is 0.267 e. The van der Waals surface area contributed by atoms with Gasteiger partial charge < -0.3 is 15.0 Å². The van der Waals surface area contributed by atoms with E-state index in [-0.39, 0.29) is 18.4 Å². The van der Waals surface area contributed by atoms with Crippen molar-refractivity contribution in [1.29, 1.82) is 0 Å². The van der Waals surface area contributed by atoms with Crippen LogP contribution in [0.5, 0.6) is 5.75 Å². The number of hydrogen-bond donors (Lipinski definition) is 1. The maximum Gasteiger partial charge on any atom is 0.267 e. The van der Waals surface area contributed by atoms with E-state index in [1.54, 1.807) is 43.1 Å². The summed E-state index contributed by atoms with van der Waals surface area (Å²) >= 11 is 7.18. The minimum Gasteiger partial charge on any atom is -0.486 e. The molecule has 0 aliphatic carbocycles. The molecular formula is C22H22ClN3O3S. The fourth-order valence-corrected chi connectivity index (χ4v) is 3.72. The van der Waals surface area contributed by atoms with E-state index in [2.05, 4.69) is 10.3 Å². The Morgan fingerprint density at radius 2 is 1.93 bits per heavy atom. The zero-order valence-corrected chi connectivity index (χ0v) is 18.5. The third-order valence-corrected chi connectivity index (χ3v) is 5.75. The molecule has 156 valence electrons. The Balaban J connectivity index is 1.64. The number of carbonyl (C=O) groups is 2. The number of nitrogens with one attached hydrogen (secondary N) is 1. The van der Waals surface area contributed by atoms with Crippen LogP contribution in [0.1, 0.15) is 32.9 Å². The molecule has 0 fully saturated rings. The highest BCUT2D eigenvalue weighted by atomic mass is 35.5. The first-order valence-corrected chi connectivity index (χ1v) is 10.5. The first-order chi connectivity index (χ1) is 14.3. The van der Waals surface area contributed by atoms with Gasteiger partial charge in [0.05, 0.1) is 5.69 Å². The molecule has 30 heavy (non-hydrogen) atoms. The third kappa shape index (κ3) is 5.81. The normalized spacial score (nSPS) is 10.5. The monoisotopic (exact) mass is 443 g/mol. The molecular weight excluding hydrogens is 422 g/mol. The van der Waals surface area contributed by atoms with Crippen LogP contribution >= 0.6 is 22.9 Å². The molecule has 2 aromatic carbocycles. The summed E-state index contributed by atoms with van der Waals surface area (Å²) in [6.45, 7) is 4.07. The number of ether oxygens (including phenoxy) is 1. The number of nitrogens with zero attached hydrogens (tertiary/aromatic N) is 2. The van der Waals surface area contributed by atoms with Gasteiger partial charge in [0.1, 0.15) is 22.2 Å². The molecule has 3 rings (SSSR count). The first kappa shape index (κ1) is 21.8. The largest absolute Gasteiger partial charge is 0.486 e. The average molecular weight is 444 g/mol. The summed E-state index contributed by atoms with van der Waals surface area (Å²) in [4.78, 5) is 30.8. The summed E-state index contributed by atoms with van der Waals surface area (Å²) < 4.78 is 5.71. The van der Waals surface area contributed by atoms with E-state index < -0.39 is 0 Å². The van der Waals surface area contributed by atoms with Gasteiger partial charge in [0, 0.05) is 31.2 Å². The van der Waals surface area contributed by atoms with Crippen molar-refractivity contribution in [3.63, 3.8) is 0 Å². The first-order valence-electron chi connectivity index (χ1n) is 9.28. The lowest BCUT2D eigenvalue weighted by molar-refractivity contribution is -0.128. The quantitative estimate of drug-likeness (QED) is 0.562. The fraction of sp³-hybridized carbons (Fsp3) is 0.227. The highest BCUT2D eigenvalue weighted by Crippen LogP contribution is 2.23. The van der Waals surface area contributed by atoms with Gasteiger partial charge in [0.15, 0.2) is 0 Å². The summed E-state index contributed by atoms with van der Waals surface area (Å²) in [7, 11) is 1.74. The third-order valence-electron chi connectivity index (χ3n) is 4.37. The van der Waals surface area contributed by atoms with Crippen LogP contribution in [-0.4, -0.2) is 28.7 Å². The van der Waals surface area contributed by atoms with Crippen molar-refractivity contribution in [3.05, 3.63) is 74.7 Å². The molecule has 0 spiro atoms. The van der Waals surface area contributed by atoms with Crippen molar-refractivity contribution in [3.8, 4) is 5.75 Å². The molecule has 0 aliphatic heterocycles.